The van der Waals surface area contributed by atoms with E-state index in [-0.39, 0.29) is 17.4 Å². The van der Waals surface area contributed by atoms with Gasteiger partial charge in [0.2, 0.25) is 0 Å². The van der Waals surface area contributed by atoms with E-state index >= 15 is 0 Å². The first-order valence-electron chi connectivity index (χ1n) is 9.37. The Labute approximate surface area is 168 Å². The smallest absolute Gasteiger partial charge is 0.275 e. The maximum Gasteiger partial charge on any atom is 0.275 e. The molecule has 0 aliphatic heterocycles. The molecule has 0 radical (unpaired) electrons. The van der Waals surface area contributed by atoms with Crippen LogP contribution in [0.5, 0.6) is 0 Å². The molecule has 8 heteroatoms. The van der Waals surface area contributed by atoms with E-state index < -0.39 is 5.91 Å². The van der Waals surface area contributed by atoms with Crippen LogP contribution in [0.25, 0.3) is 0 Å². The van der Waals surface area contributed by atoms with E-state index in [1.807, 2.05) is 24.3 Å². The lowest BCUT2D eigenvalue weighted by Crippen LogP contribution is -2.21. The van der Waals surface area contributed by atoms with Crippen molar-refractivity contribution < 1.29 is 14.1 Å². The summed E-state index contributed by atoms with van der Waals surface area (Å²) in [6.07, 6.45) is 1.42. The predicted octanol–water partition coefficient (Wildman–Crippen LogP) is 3.73. The summed E-state index contributed by atoms with van der Waals surface area (Å²) < 4.78 is 4.91. The molecule has 1 aromatic carbocycles. The second-order valence-corrected chi connectivity index (χ2v) is 6.38. The van der Waals surface area contributed by atoms with Gasteiger partial charge in [0, 0.05) is 42.3 Å². The van der Waals surface area contributed by atoms with E-state index in [1.54, 1.807) is 19.1 Å². The van der Waals surface area contributed by atoms with E-state index in [4.69, 9.17) is 4.52 Å². The molecule has 0 saturated carbocycles. The van der Waals surface area contributed by atoms with Gasteiger partial charge in [0.15, 0.2) is 5.82 Å². The monoisotopic (exact) mass is 393 g/mol. The number of aromatic nitrogens is 2. The lowest BCUT2D eigenvalue weighted by Gasteiger charge is -2.21. The van der Waals surface area contributed by atoms with Crippen LogP contribution in [0.3, 0.4) is 0 Å². The quantitative estimate of drug-likeness (QED) is 0.634. The van der Waals surface area contributed by atoms with Crippen molar-refractivity contribution in [1.82, 2.24) is 10.1 Å². The van der Waals surface area contributed by atoms with Gasteiger partial charge in [-0.25, -0.2) is 0 Å². The number of anilines is 3. The number of nitrogens with zero attached hydrogens (tertiary/aromatic N) is 3. The van der Waals surface area contributed by atoms with Crippen LogP contribution in [0.15, 0.2) is 53.2 Å². The number of hydrogen-bond donors (Lipinski definition) is 2. The average molecular weight is 393 g/mol. The number of carbonyl (C=O) groups is 2. The zero-order valence-corrected chi connectivity index (χ0v) is 16.6. The molecule has 2 aromatic heterocycles. The number of hydrogen-bond acceptors (Lipinski definition) is 6. The summed E-state index contributed by atoms with van der Waals surface area (Å²) in [6.45, 7) is 7.75. The molecular weight excluding hydrogens is 370 g/mol. The third-order valence-electron chi connectivity index (χ3n) is 4.38. The molecule has 0 bridgehead atoms. The number of carbonyl (C=O) groups excluding carboxylic acids is 2. The molecule has 2 amide bonds. The molecule has 0 fully saturated rings. The summed E-state index contributed by atoms with van der Waals surface area (Å²) in [5.74, 6) is 0.0664. The van der Waals surface area contributed by atoms with E-state index in [2.05, 4.69) is 39.5 Å². The molecule has 0 spiro atoms. The Balaban J connectivity index is 1.68. The van der Waals surface area contributed by atoms with Gasteiger partial charge in [-0.15, -0.1) is 0 Å². The van der Waals surface area contributed by atoms with E-state index in [9.17, 15) is 9.59 Å². The van der Waals surface area contributed by atoms with Crippen molar-refractivity contribution in [2.24, 2.45) is 0 Å². The number of aryl methyl sites for hydroxylation is 1. The molecule has 0 atom stereocenters. The van der Waals surface area contributed by atoms with Gasteiger partial charge < -0.3 is 20.1 Å². The van der Waals surface area contributed by atoms with E-state index in [0.717, 1.165) is 18.8 Å². The topological polar surface area (TPSA) is 100 Å². The van der Waals surface area contributed by atoms with Crippen molar-refractivity contribution in [3.63, 3.8) is 0 Å². The van der Waals surface area contributed by atoms with Crippen molar-refractivity contribution in [2.45, 2.75) is 20.8 Å². The van der Waals surface area contributed by atoms with Crippen LogP contribution in [-0.2, 0) is 0 Å². The molecule has 29 heavy (non-hydrogen) atoms. The molecule has 0 unspecified atom stereocenters. The summed E-state index contributed by atoms with van der Waals surface area (Å²) in [6, 6.07) is 12.2. The van der Waals surface area contributed by atoms with E-state index in [1.165, 1.54) is 12.3 Å². The highest BCUT2D eigenvalue weighted by atomic mass is 16.5. The van der Waals surface area contributed by atoms with Gasteiger partial charge in [-0.2, -0.15) is 0 Å². The fraction of sp³-hybridized carbons (Fsp3) is 0.238. The molecule has 3 rings (SSSR count). The standard InChI is InChI=1S/C21H23N5O3/c1-4-26(5-2)17-8-6-16(7-9-17)23-20(27)15-10-11-22-18(13-15)21(28)24-19-12-14(3)29-25-19/h6-13H,4-5H2,1-3H3,(H,23,27)(H,24,25,28). The van der Waals surface area contributed by atoms with E-state index in [0.29, 0.717) is 17.0 Å². The second-order valence-electron chi connectivity index (χ2n) is 6.38. The third-order valence-corrected chi connectivity index (χ3v) is 4.38. The van der Waals surface area contributed by atoms with Gasteiger partial charge in [-0.3, -0.25) is 14.6 Å². The first-order valence-corrected chi connectivity index (χ1v) is 9.37. The average Bonchev–Trinajstić information content (AvgIpc) is 3.14. The van der Waals surface area contributed by atoms with Crippen LogP contribution in [0.2, 0.25) is 0 Å². The Morgan fingerprint density at radius 2 is 1.72 bits per heavy atom. The summed E-state index contributed by atoms with van der Waals surface area (Å²) in [5.41, 5.74) is 2.20. The SMILES string of the molecule is CCN(CC)c1ccc(NC(=O)c2ccnc(C(=O)Nc3cc(C)on3)c2)cc1. The number of pyridine rings is 1. The van der Waals surface area contributed by atoms with Crippen molar-refractivity contribution in [3.8, 4) is 0 Å². The lowest BCUT2D eigenvalue weighted by atomic mass is 10.2. The minimum Gasteiger partial charge on any atom is -0.372 e. The molecule has 150 valence electrons. The summed E-state index contributed by atoms with van der Waals surface area (Å²) >= 11 is 0. The van der Waals surface area contributed by atoms with Crippen LogP contribution in [0.4, 0.5) is 17.2 Å². The van der Waals surface area contributed by atoms with Crippen molar-refractivity contribution in [2.75, 3.05) is 28.6 Å². The van der Waals surface area contributed by atoms with Crippen LogP contribution >= 0.6 is 0 Å². The van der Waals surface area contributed by atoms with Crippen LogP contribution in [0.1, 0.15) is 40.5 Å². The zero-order valence-electron chi connectivity index (χ0n) is 16.6. The number of amides is 2. The number of nitrogens with one attached hydrogen (secondary N) is 2. The maximum absolute atomic E-state index is 12.6. The van der Waals surface area contributed by atoms with Crippen LogP contribution < -0.4 is 15.5 Å². The Morgan fingerprint density at radius 3 is 2.34 bits per heavy atom. The van der Waals surface area contributed by atoms with Crippen LogP contribution in [0, 0.1) is 6.92 Å². The minimum absolute atomic E-state index is 0.107. The van der Waals surface area contributed by atoms with Crippen molar-refractivity contribution >= 4 is 29.0 Å². The van der Waals surface area contributed by atoms with Crippen molar-refractivity contribution in [1.29, 1.82) is 0 Å². The Bertz CT molecular complexity index is 994. The molecule has 2 heterocycles. The normalized spacial score (nSPS) is 10.4. The summed E-state index contributed by atoms with van der Waals surface area (Å²) in [4.78, 5) is 31.1. The molecule has 0 saturated heterocycles. The lowest BCUT2D eigenvalue weighted by molar-refractivity contribution is 0.102. The molecule has 0 aliphatic rings. The minimum atomic E-state index is -0.475. The zero-order chi connectivity index (χ0) is 20.8. The molecule has 8 nitrogen and oxygen atoms in total. The van der Waals surface area contributed by atoms with Crippen LogP contribution in [-0.4, -0.2) is 35.0 Å². The highest BCUT2D eigenvalue weighted by Gasteiger charge is 2.14. The highest BCUT2D eigenvalue weighted by molar-refractivity contribution is 6.07. The molecule has 0 aliphatic carbocycles. The highest BCUT2D eigenvalue weighted by Crippen LogP contribution is 2.18. The summed E-state index contributed by atoms with van der Waals surface area (Å²) in [7, 11) is 0. The van der Waals surface area contributed by atoms with Gasteiger partial charge in [0.05, 0.1) is 0 Å². The van der Waals surface area contributed by atoms with Crippen molar-refractivity contribution in [3.05, 3.63) is 65.7 Å². The van der Waals surface area contributed by atoms with Gasteiger partial charge in [-0.05, 0) is 57.2 Å². The molecule has 3 aromatic rings. The Hall–Kier alpha value is -3.68. The van der Waals surface area contributed by atoms with Gasteiger partial charge >= 0.3 is 0 Å². The largest absolute Gasteiger partial charge is 0.372 e. The third kappa shape index (κ3) is 4.98. The maximum atomic E-state index is 12.6. The second kappa shape index (κ2) is 9.01. The van der Waals surface area contributed by atoms with Gasteiger partial charge in [0.1, 0.15) is 11.5 Å². The Kier molecular flexibility index (Phi) is 6.23. The fourth-order valence-electron chi connectivity index (χ4n) is 2.85. The molecule has 2 N–H and O–H groups in total. The fourth-order valence-corrected chi connectivity index (χ4v) is 2.85. The Morgan fingerprint density at radius 1 is 1.00 bits per heavy atom. The number of rotatable bonds is 7. The number of benzene rings is 1. The molecular formula is C21H23N5O3. The first kappa shape index (κ1) is 20.1. The summed E-state index contributed by atoms with van der Waals surface area (Å²) in [5, 5.41) is 9.12. The first-order chi connectivity index (χ1) is 14.0. The van der Waals surface area contributed by atoms with Gasteiger partial charge in [0.25, 0.3) is 11.8 Å². The van der Waals surface area contributed by atoms with Gasteiger partial charge in [-0.1, -0.05) is 5.16 Å². The predicted molar refractivity (Wildman–Crippen MR) is 111 cm³/mol.